The first-order valence-corrected chi connectivity index (χ1v) is 19.7. The minimum Gasteiger partial charge on any atom is -0.459 e. The molecular formula is C39H72N2O12. The topological polar surface area (TPSA) is 183 Å². The highest BCUT2D eigenvalue weighted by molar-refractivity contribution is 5.73. The summed E-state index contributed by atoms with van der Waals surface area (Å²) in [6.45, 7) is 18.7. The Bertz CT molecular complexity index is 1220. The molecule has 4 fully saturated rings. The van der Waals surface area contributed by atoms with Crippen molar-refractivity contribution in [2.24, 2.45) is 23.2 Å². The van der Waals surface area contributed by atoms with E-state index in [0.29, 0.717) is 19.6 Å². The molecule has 0 aromatic rings. The van der Waals surface area contributed by atoms with Gasteiger partial charge in [0.05, 0.1) is 55.3 Å². The van der Waals surface area contributed by atoms with E-state index in [1.165, 1.54) is 6.92 Å². The normalized spacial score (nSPS) is 51.1. The highest BCUT2D eigenvalue weighted by Crippen LogP contribution is 2.54. The maximum Gasteiger partial charge on any atom is 0.311 e. The lowest BCUT2D eigenvalue weighted by Crippen LogP contribution is -2.60. The molecule has 0 bridgehead atoms. The molecule has 4 saturated heterocycles. The lowest BCUT2D eigenvalue weighted by Gasteiger charge is -2.49. The Balaban J connectivity index is 1.81. The first-order valence-electron chi connectivity index (χ1n) is 19.7. The minimum absolute atomic E-state index is 0.166. The van der Waals surface area contributed by atoms with Crippen molar-refractivity contribution >= 4 is 5.97 Å². The van der Waals surface area contributed by atoms with E-state index >= 15 is 0 Å². The van der Waals surface area contributed by atoms with E-state index in [1.807, 2.05) is 72.5 Å². The van der Waals surface area contributed by atoms with Gasteiger partial charge in [0.2, 0.25) is 0 Å². The largest absolute Gasteiger partial charge is 0.459 e. The standard InChI is InChI=1S/C39H72N2O12/c1-14-28-38(10,47)32(44)21(2)18-41(13)22(3)16-37(9,46)33(53-35-30(43)27(40(11)12)15-23(4)49-35)24(5)31(25(6)34(45)51-28)52-29-17-36(8,19-42)39(20-48-39)26(7)50-29/h21-33,35,42-44,46-47H,14-20H2,1-13H3/t21-,22+,23+,24-,25?,26-,27-,28+,29?,30+,31?,32+,33+,35-,36-,37-,38+,39-/m0/s1. The first kappa shape index (κ1) is 44.7. The monoisotopic (exact) mass is 761 g/mol. The van der Waals surface area contributed by atoms with Crippen LogP contribution in [0, 0.1) is 23.2 Å². The molecule has 0 aromatic heterocycles. The number of nitrogens with zero attached hydrogens (tertiary/aromatic N) is 2. The maximum absolute atomic E-state index is 14.3. The number of hydrogen-bond donors (Lipinski definition) is 5. The van der Waals surface area contributed by atoms with Crippen molar-refractivity contribution < 1.29 is 58.7 Å². The van der Waals surface area contributed by atoms with Crippen LogP contribution in [0.4, 0.5) is 0 Å². The molecule has 4 rings (SSSR count). The quantitative estimate of drug-likeness (QED) is 0.187. The van der Waals surface area contributed by atoms with Crippen LogP contribution in [0.1, 0.15) is 94.9 Å². The van der Waals surface area contributed by atoms with Gasteiger partial charge in [-0.1, -0.05) is 27.7 Å². The zero-order valence-corrected chi connectivity index (χ0v) is 34.5. The second-order valence-corrected chi connectivity index (χ2v) is 18.0. The lowest BCUT2D eigenvalue weighted by atomic mass is 9.70. The number of epoxide rings is 1. The summed E-state index contributed by atoms with van der Waals surface area (Å²) in [5, 5.41) is 57.9. The Hall–Kier alpha value is -1.01. The van der Waals surface area contributed by atoms with Gasteiger partial charge in [-0.05, 0) is 87.9 Å². The number of ether oxygens (including phenoxy) is 6. The highest BCUT2D eigenvalue weighted by atomic mass is 16.7. The Labute approximate surface area is 317 Å². The third kappa shape index (κ3) is 9.10. The number of cyclic esters (lactones) is 1. The predicted octanol–water partition coefficient (Wildman–Crippen LogP) is 1.90. The Morgan fingerprint density at radius 2 is 1.60 bits per heavy atom. The van der Waals surface area contributed by atoms with Crippen LogP contribution < -0.4 is 0 Å². The third-order valence-electron chi connectivity index (χ3n) is 13.3. The van der Waals surface area contributed by atoms with E-state index in [2.05, 4.69) is 0 Å². The Morgan fingerprint density at radius 1 is 0.981 bits per heavy atom. The first-order chi connectivity index (χ1) is 24.5. The molecule has 4 aliphatic rings. The van der Waals surface area contributed by atoms with Crippen molar-refractivity contribution in [2.75, 3.05) is 40.9 Å². The fourth-order valence-corrected chi connectivity index (χ4v) is 9.41. The molecule has 14 heteroatoms. The fraction of sp³-hybridized carbons (Fsp3) is 0.974. The zero-order chi connectivity index (χ0) is 40.0. The Morgan fingerprint density at radius 3 is 2.15 bits per heavy atom. The number of carbonyl (C=O) groups excluding carboxylic acids is 1. The fourth-order valence-electron chi connectivity index (χ4n) is 9.41. The van der Waals surface area contributed by atoms with Crippen LogP contribution in [-0.2, 0) is 33.2 Å². The van der Waals surface area contributed by atoms with E-state index in [0.717, 1.165) is 0 Å². The number of aliphatic hydroxyl groups is 5. The van der Waals surface area contributed by atoms with Gasteiger partial charge in [0.15, 0.2) is 12.6 Å². The van der Waals surface area contributed by atoms with Gasteiger partial charge in [0, 0.05) is 36.4 Å². The van der Waals surface area contributed by atoms with Crippen LogP contribution in [0.2, 0.25) is 0 Å². The van der Waals surface area contributed by atoms with Gasteiger partial charge in [-0.15, -0.1) is 0 Å². The van der Waals surface area contributed by atoms with E-state index in [-0.39, 0.29) is 44.1 Å². The van der Waals surface area contributed by atoms with Crippen molar-refractivity contribution in [2.45, 2.75) is 179 Å². The molecule has 53 heavy (non-hydrogen) atoms. The van der Waals surface area contributed by atoms with Crippen LogP contribution in [0.25, 0.3) is 0 Å². The average molecular weight is 761 g/mol. The summed E-state index contributed by atoms with van der Waals surface area (Å²) in [5.74, 6) is -2.83. The van der Waals surface area contributed by atoms with E-state index in [4.69, 9.17) is 28.4 Å². The summed E-state index contributed by atoms with van der Waals surface area (Å²) in [7, 11) is 5.68. The van der Waals surface area contributed by atoms with Crippen LogP contribution in [0.15, 0.2) is 0 Å². The number of carbonyl (C=O) groups is 1. The summed E-state index contributed by atoms with van der Waals surface area (Å²) in [6, 6.07) is -0.507. The predicted molar refractivity (Wildman–Crippen MR) is 197 cm³/mol. The molecule has 310 valence electrons. The molecule has 14 nitrogen and oxygen atoms in total. The highest BCUT2D eigenvalue weighted by Gasteiger charge is 2.66. The summed E-state index contributed by atoms with van der Waals surface area (Å²) >= 11 is 0. The van der Waals surface area contributed by atoms with E-state index < -0.39 is 95.1 Å². The van der Waals surface area contributed by atoms with Crippen LogP contribution in [0.5, 0.6) is 0 Å². The van der Waals surface area contributed by atoms with Crippen molar-refractivity contribution in [1.82, 2.24) is 9.80 Å². The summed E-state index contributed by atoms with van der Waals surface area (Å²) in [4.78, 5) is 18.2. The molecule has 0 amide bonds. The molecule has 0 aromatic carbocycles. The smallest absolute Gasteiger partial charge is 0.311 e. The van der Waals surface area contributed by atoms with Gasteiger partial charge in [-0.25, -0.2) is 0 Å². The SMILES string of the molecule is CC[C@H]1OC(=O)C(C)C(OC2C[C@@](C)(CO)[C@]3(CO3)[C@H](C)O2)[C@H](C)[C@@H](O[C@@H]2O[C@H](C)C[C@H](N(C)C)[C@H]2O)[C@@](C)(O)C[C@@H](C)N(C)C[C@H](C)[C@@H](O)[C@]1(C)O. The third-order valence-corrected chi connectivity index (χ3v) is 13.3. The van der Waals surface area contributed by atoms with Crippen molar-refractivity contribution in [3.8, 4) is 0 Å². The second kappa shape index (κ2) is 16.8. The van der Waals surface area contributed by atoms with Crippen LogP contribution >= 0.6 is 0 Å². The molecule has 4 aliphatic heterocycles. The van der Waals surface area contributed by atoms with Gasteiger partial charge in [-0.2, -0.15) is 0 Å². The molecule has 4 heterocycles. The molecule has 0 saturated carbocycles. The molecule has 0 radical (unpaired) electrons. The molecule has 1 spiro atoms. The van der Waals surface area contributed by atoms with E-state index in [1.54, 1.807) is 20.8 Å². The van der Waals surface area contributed by atoms with Gasteiger partial charge < -0.3 is 63.8 Å². The maximum atomic E-state index is 14.3. The van der Waals surface area contributed by atoms with Gasteiger partial charge in [0.25, 0.3) is 0 Å². The zero-order valence-electron chi connectivity index (χ0n) is 34.5. The van der Waals surface area contributed by atoms with Gasteiger partial charge >= 0.3 is 5.97 Å². The van der Waals surface area contributed by atoms with Crippen LogP contribution in [0.3, 0.4) is 0 Å². The molecule has 0 aliphatic carbocycles. The molecule has 18 atom stereocenters. The number of hydrogen-bond acceptors (Lipinski definition) is 14. The minimum atomic E-state index is -1.77. The van der Waals surface area contributed by atoms with E-state index in [9.17, 15) is 30.3 Å². The molecule has 5 N–H and O–H groups in total. The number of aliphatic hydroxyl groups excluding tert-OH is 3. The second-order valence-electron chi connectivity index (χ2n) is 18.0. The van der Waals surface area contributed by atoms with Crippen molar-refractivity contribution in [1.29, 1.82) is 0 Å². The van der Waals surface area contributed by atoms with Crippen molar-refractivity contribution in [3.05, 3.63) is 0 Å². The average Bonchev–Trinajstić information content (AvgIpc) is 3.89. The lowest BCUT2D eigenvalue weighted by molar-refractivity contribution is -0.312. The summed E-state index contributed by atoms with van der Waals surface area (Å²) < 4.78 is 38.1. The van der Waals surface area contributed by atoms with Crippen LogP contribution in [-0.4, -0.2) is 166 Å². The summed E-state index contributed by atoms with van der Waals surface area (Å²) in [6.07, 6.45) is -6.73. The van der Waals surface area contributed by atoms with Gasteiger partial charge in [0.1, 0.15) is 23.4 Å². The number of esters is 1. The molecule has 3 unspecified atom stereocenters. The molecular weight excluding hydrogens is 688 g/mol. The van der Waals surface area contributed by atoms with Gasteiger partial charge in [-0.3, -0.25) is 4.79 Å². The Kier molecular flexibility index (Phi) is 14.2. The van der Waals surface area contributed by atoms with Crippen molar-refractivity contribution in [3.63, 3.8) is 0 Å². The summed E-state index contributed by atoms with van der Waals surface area (Å²) in [5.41, 5.74) is -4.69. The number of likely N-dealkylation sites (N-methyl/N-ethyl adjacent to an activating group) is 1. The number of rotatable bonds is 7.